The molecule has 4 nitrogen and oxygen atoms in total. The summed E-state index contributed by atoms with van der Waals surface area (Å²) in [6.45, 7) is 0. The van der Waals surface area contributed by atoms with Crippen molar-refractivity contribution >= 4 is 28.2 Å². The molecule has 1 N–H and O–H groups in total. The molecular formula is C30H22N2O2S. The summed E-state index contributed by atoms with van der Waals surface area (Å²) in [5.74, 6) is -0.825. The van der Waals surface area contributed by atoms with E-state index in [0.717, 1.165) is 16.7 Å². The summed E-state index contributed by atoms with van der Waals surface area (Å²) in [6.07, 6.45) is 0. The third-order valence-corrected chi connectivity index (χ3v) is 6.64. The number of hydrogen-bond donors (Lipinski definition) is 1. The molecule has 0 radical (unpaired) electrons. The summed E-state index contributed by atoms with van der Waals surface area (Å²) < 4.78 is 0. The van der Waals surface area contributed by atoms with E-state index >= 15 is 0 Å². The molecule has 170 valence electrons. The molecule has 5 rings (SSSR count). The number of benzene rings is 4. The van der Waals surface area contributed by atoms with Gasteiger partial charge < -0.3 is 5.32 Å². The van der Waals surface area contributed by atoms with E-state index in [1.165, 1.54) is 11.3 Å². The van der Waals surface area contributed by atoms with Crippen LogP contribution in [0.3, 0.4) is 0 Å². The van der Waals surface area contributed by atoms with E-state index in [4.69, 9.17) is 4.98 Å². The Bertz CT molecular complexity index is 1390. The molecule has 0 unspecified atom stereocenters. The van der Waals surface area contributed by atoms with Gasteiger partial charge in [-0.1, -0.05) is 133 Å². The lowest BCUT2D eigenvalue weighted by Gasteiger charge is -2.17. The topological polar surface area (TPSA) is 59.1 Å². The number of carbonyl (C=O) groups excluding carboxylic acids is 2. The Morgan fingerprint density at radius 1 is 0.657 bits per heavy atom. The number of amides is 1. The average molecular weight is 475 g/mol. The van der Waals surface area contributed by atoms with Gasteiger partial charge in [0, 0.05) is 11.1 Å². The van der Waals surface area contributed by atoms with Crippen LogP contribution < -0.4 is 5.32 Å². The van der Waals surface area contributed by atoms with E-state index in [0.29, 0.717) is 21.3 Å². The van der Waals surface area contributed by atoms with E-state index in [1.54, 1.807) is 12.1 Å². The van der Waals surface area contributed by atoms with Crippen molar-refractivity contribution in [1.82, 2.24) is 4.98 Å². The highest BCUT2D eigenvalue weighted by Gasteiger charge is 2.26. The van der Waals surface area contributed by atoms with E-state index in [1.807, 2.05) is 109 Å². The number of nitrogens with one attached hydrogen (secondary N) is 1. The fraction of sp³-hybridized carbons (Fsp3) is 0.0333. The molecule has 0 bridgehead atoms. The molecule has 0 aliphatic heterocycles. The highest BCUT2D eigenvalue weighted by atomic mass is 32.1. The zero-order valence-electron chi connectivity index (χ0n) is 18.8. The zero-order chi connectivity index (χ0) is 24.0. The first-order valence-corrected chi connectivity index (χ1v) is 12.1. The monoisotopic (exact) mass is 474 g/mol. The number of thiazole rings is 1. The molecule has 0 fully saturated rings. The van der Waals surface area contributed by atoms with Crippen LogP contribution in [0.2, 0.25) is 0 Å². The zero-order valence-corrected chi connectivity index (χ0v) is 19.6. The van der Waals surface area contributed by atoms with Gasteiger partial charge in [-0.2, -0.15) is 0 Å². The Hall–Kier alpha value is -4.35. The Morgan fingerprint density at radius 3 is 1.69 bits per heavy atom. The van der Waals surface area contributed by atoms with Crippen molar-refractivity contribution < 1.29 is 9.59 Å². The minimum atomic E-state index is -0.505. The number of ketones is 1. The van der Waals surface area contributed by atoms with Gasteiger partial charge in [-0.25, -0.2) is 4.98 Å². The van der Waals surface area contributed by atoms with Crippen molar-refractivity contribution in [2.24, 2.45) is 0 Å². The van der Waals surface area contributed by atoms with Crippen LogP contribution in [0.25, 0.3) is 11.3 Å². The number of rotatable bonds is 7. The molecule has 4 aromatic carbocycles. The average Bonchev–Trinajstić information content (AvgIpc) is 3.34. The quantitative estimate of drug-likeness (QED) is 0.264. The summed E-state index contributed by atoms with van der Waals surface area (Å²) >= 11 is 1.20. The predicted octanol–water partition coefficient (Wildman–Crippen LogP) is 6.81. The van der Waals surface area contributed by atoms with Gasteiger partial charge >= 0.3 is 0 Å². The molecule has 1 heterocycles. The lowest BCUT2D eigenvalue weighted by Crippen LogP contribution is -2.22. The van der Waals surface area contributed by atoms with Crippen molar-refractivity contribution in [3.63, 3.8) is 0 Å². The predicted molar refractivity (Wildman–Crippen MR) is 141 cm³/mol. The van der Waals surface area contributed by atoms with Gasteiger partial charge in [0.1, 0.15) is 4.88 Å². The van der Waals surface area contributed by atoms with E-state index in [-0.39, 0.29) is 11.7 Å². The van der Waals surface area contributed by atoms with Crippen LogP contribution in [0.5, 0.6) is 0 Å². The van der Waals surface area contributed by atoms with Gasteiger partial charge in [-0.3, -0.25) is 9.59 Å². The minimum absolute atomic E-state index is 0.120. The van der Waals surface area contributed by atoms with E-state index in [9.17, 15) is 9.59 Å². The van der Waals surface area contributed by atoms with Crippen LogP contribution in [-0.4, -0.2) is 16.7 Å². The molecule has 0 aliphatic carbocycles. The molecule has 0 saturated heterocycles. The van der Waals surface area contributed by atoms with Crippen molar-refractivity contribution in [3.8, 4) is 11.3 Å². The molecule has 0 saturated carbocycles. The Labute approximate surface area is 207 Å². The lowest BCUT2D eigenvalue weighted by molar-refractivity contribution is -0.116. The molecule has 0 atom stereocenters. The van der Waals surface area contributed by atoms with Crippen LogP contribution in [0.15, 0.2) is 121 Å². The van der Waals surface area contributed by atoms with Crippen LogP contribution in [-0.2, 0) is 4.79 Å². The maximum Gasteiger partial charge on any atom is 0.238 e. The van der Waals surface area contributed by atoms with Gasteiger partial charge in [-0.05, 0) is 11.1 Å². The van der Waals surface area contributed by atoms with E-state index < -0.39 is 5.92 Å². The second-order valence-corrected chi connectivity index (χ2v) is 9.00. The van der Waals surface area contributed by atoms with Crippen LogP contribution >= 0.6 is 11.3 Å². The second kappa shape index (κ2) is 10.3. The van der Waals surface area contributed by atoms with Crippen LogP contribution in [0.4, 0.5) is 5.13 Å². The van der Waals surface area contributed by atoms with Gasteiger partial charge in [0.05, 0.1) is 11.6 Å². The van der Waals surface area contributed by atoms with Crippen molar-refractivity contribution in [1.29, 1.82) is 0 Å². The Morgan fingerprint density at radius 2 is 1.14 bits per heavy atom. The minimum Gasteiger partial charge on any atom is -0.301 e. The smallest absolute Gasteiger partial charge is 0.238 e. The largest absolute Gasteiger partial charge is 0.301 e. The molecule has 0 aliphatic rings. The summed E-state index contributed by atoms with van der Waals surface area (Å²) in [4.78, 5) is 32.2. The summed E-state index contributed by atoms with van der Waals surface area (Å²) in [5, 5.41) is 3.39. The SMILES string of the molecule is O=C(c1ccccc1)c1sc(NC(=O)C(c2ccccc2)c2ccccc2)nc1-c1ccccc1. The molecule has 1 aromatic heterocycles. The molecule has 35 heavy (non-hydrogen) atoms. The van der Waals surface area contributed by atoms with Gasteiger partial charge in [0.2, 0.25) is 11.7 Å². The standard InChI is InChI=1S/C30H22N2O2S/c33-27(24-19-11-4-12-20-24)28-26(23-17-9-3-10-18-23)31-30(35-28)32-29(34)25(21-13-5-1-6-14-21)22-15-7-2-8-16-22/h1-20,25H,(H,31,32,34). The fourth-order valence-electron chi connectivity index (χ4n) is 4.00. The first kappa shape index (κ1) is 22.4. The van der Waals surface area contributed by atoms with E-state index in [2.05, 4.69) is 5.32 Å². The Kier molecular flexibility index (Phi) is 6.59. The number of nitrogens with zero attached hydrogens (tertiary/aromatic N) is 1. The van der Waals surface area contributed by atoms with Crippen molar-refractivity contribution in [2.75, 3.05) is 5.32 Å². The number of aromatic nitrogens is 1. The second-order valence-electron chi connectivity index (χ2n) is 8.00. The third kappa shape index (κ3) is 4.95. The summed E-state index contributed by atoms with van der Waals surface area (Å²) in [7, 11) is 0. The molecule has 1 amide bonds. The number of anilines is 1. The number of carbonyl (C=O) groups is 2. The normalized spacial score (nSPS) is 10.8. The van der Waals surface area contributed by atoms with Gasteiger partial charge in [0.25, 0.3) is 0 Å². The molecule has 0 spiro atoms. The molecule has 5 aromatic rings. The molecular weight excluding hydrogens is 452 g/mol. The van der Waals surface area contributed by atoms with Crippen LogP contribution in [0, 0.1) is 0 Å². The van der Waals surface area contributed by atoms with Gasteiger partial charge in [0.15, 0.2) is 5.13 Å². The third-order valence-electron chi connectivity index (χ3n) is 5.67. The molecule has 5 heteroatoms. The van der Waals surface area contributed by atoms with Gasteiger partial charge in [-0.15, -0.1) is 0 Å². The van der Waals surface area contributed by atoms with Crippen molar-refractivity contribution in [2.45, 2.75) is 5.92 Å². The van der Waals surface area contributed by atoms with Crippen LogP contribution in [0.1, 0.15) is 32.3 Å². The highest BCUT2D eigenvalue weighted by molar-refractivity contribution is 7.18. The first-order valence-electron chi connectivity index (χ1n) is 11.3. The Balaban J connectivity index is 1.53. The number of hydrogen-bond acceptors (Lipinski definition) is 4. The highest BCUT2D eigenvalue weighted by Crippen LogP contribution is 2.34. The van der Waals surface area contributed by atoms with Crippen molar-refractivity contribution in [3.05, 3.63) is 143 Å². The maximum atomic E-state index is 13.6. The summed E-state index contributed by atoms with van der Waals surface area (Å²) in [6, 6.07) is 38.0. The fourth-order valence-corrected chi connectivity index (χ4v) is 4.96. The first-order chi connectivity index (χ1) is 17.2. The maximum absolute atomic E-state index is 13.6. The summed E-state index contributed by atoms with van der Waals surface area (Å²) in [5.41, 5.74) is 3.74. The lowest BCUT2D eigenvalue weighted by atomic mass is 9.90.